The first-order chi connectivity index (χ1) is 13.2. The summed E-state index contributed by atoms with van der Waals surface area (Å²) in [5.74, 6) is -0.425. The first-order valence-electron chi connectivity index (χ1n) is 8.73. The second-order valence-electron chi connectivity index (χ2n) is 6.26. The molecular formula is C22H17N3O2. The van der Waals surface area contributed by atoms with Crippen LogP contribution in [0.4, 0.5) is 0 Å². The summed E-state index contributed by atoms with van der Waals surface area (Å²) in [7, 11) is 0. The molecular weight excluding hydrogens is 338 g/mol. The van der Waals surface area contributed by atoms with Crippen molar-refractivity contribution in [3.63, 3.8) is 0 Å². The molecule has 27 heavy (non-hydrogen) atoms. The van der Waals surface area contributed by atoms with Gasteiger partial charge in [-0.05, 0) is 36.6 Å². The van der Waals surface area contributed by atoms with E-state index in [9.17, 15) is 10.1 Å². The zero-order chi connectivity index (χ0) is 18.8. The fourth-order valence-corrected chi connectivity index (χ4v) is 3.30. The van der Waals surface area contributed by atoms with Crippen molar-refractivity contribution in [1.29, 1.82) is 5.26 Å². The van der Waals surface area contributed by atoms with Crippen LogP contribution in [0.2, 0.25) is 0 Å². The first kappa shape index (κ1) is 16.8. The summed E-state index contributed by atoms with van der Waals surface area (Å²) in [5, 5.41) is 12.3. The number of pyridine rings is 1. The maximum atomic E-state index is 12.4. The highest BCUT2D eigenvalue weighted by Gasteiger charge is 2.17. The molecule has 0 saturated carbocycles. The van der Waals surface area contributed by atoms with E-state index in [0.29, 0.717) is 17.7 Å². The Labute approximate surface area is 156 Å². The Hall–Kier alpha value is -3.65. The zero-order valence-corrected chi connectivity index (χ0v) is 14.8. The SMILES string of the molecule is CCOC(=O)c1cc(C#N)cc2ccn(Cc3cc4ccccc4cn3)c12. The zero-order valence-electron chi connectivity index (χ0n) is 14.8. The maximum absolute atomic E-state index is 12.4. The van der Waals surface area contributed by atoms with Gasteiger partial charge in [0.1, 0.15) is 0 Å². The summed E-state index contributed by atoms with van der Waals surface area (Å²) in [6.45, 7) is 2.57. The lowest BCUT2D eigenvalue weighted by molar-refractivity contribution is 0.0528. The van der Waals surface area contributed by atoms with Gasteiger partial charge in [-0.1, -0.05) is 24.3 Å². The summed E-state index contributed by atoms with van der Waals surface area (Å²) < 4.78 is 7.16. The number of aromatic nitrogens is 2. The minimum atomic E-state index is -0.425. The molecule has 0 spiro atoms. The number of carbonyl (C=O) groups excluding carboxylic acids is 1. The molecule has 0 N–H and O–H groups in total. The van der Waals surface area contributed by atoms with Gasteiger partial charge in [0.15, 0.2) is 0 Å². The molecule has 0 atom stereocenters. The summed E-state index contributed by atoms with van der Waals surface area (Å²) in [4.78, 5) is 17.0. The standard InChI is InChI=1S/C22H17N3O2/c1-2-27-22(26)20-10-15(12-23)9-17-7-8-25(21(17)20)14-19-11-16-5-3-4-6-18(16)13-24-19/h3-11,13H,2,14H2,1H3. The quantitative estimate of drug-likeness (QED) is 0.512. The molecule has 0 unspecified atom stereocenters. The molecule has 0 saturated heterocycles. The van der Waals surface area contributed by atoms with Crippen molar-refractivity contribution in [2.75, 3.05) is 6.61 Å². The average molecular weight is 355 g/mol. The number of fused-ring (bicyclic) bond motifs is 2. The van der Waals surface area contributed by atoms with Crippen LogP contribution in [-0.4, -0.2) is 22.1 Å². The van der Waals surface area contributed by atoms with Crippen molar-refractivity contribution in [2.45, 2.75) is 13.5 Å². The molecule has 0 aliphatic carbocycles. The third kappa shape index (κ3) is 3.13. The van der Waals surface area contributed by atoms with Crippen LogP contribution >= 0.6 is 0 Å². The third-order valence-corrected chi connectivity index (χ3v) is 4.51. The molecule has 0 amide bonds. The monoisotopic (exact) mass is 355 g/mol. The fraction of sp³-hybridized carbons (Fsp3) is 0.136. The van der Waals surface area contributed by atoms with Crippen molar-refractivity contribution in [1.82, 2.24) is 9.55 Å². The van der Waals surface area contributed by atoms with Crippen molar-refractivity contribution >= 4 is 27.6 Å². The molecule has 132 valence electrons. The molecule has 5 heteroatoms. The van der Waals surface area contributed by atoms with Gasteiger partial charge in [0.05, 0.1) is 41.6 Å². The number of hydrogen-bond donors (Lipinski definition) is 0. The van der Waals surface area contributed by atoms with E-state index < -0.39 is 5.97 Å². The molecule has 0 fully saturated rings. The Morgan fingerprint density at radius 1 is 1.15 bits per heavy atom. The lowest BCUT2D eigenvalue weighted by atomic mass is 10.1. The molecule has 4 rings (SSSR count). The number of benzene rings is 2. The smallest absolute Gasteiger partial charge is 0.340 e. The lowest BCUT2D eigenvalue weighted by Crippen LogP contribution is -2.09. The Kier molecular flexibility index (Phi) is 4.31. The normalized spacial score (nSPS) is 10.8. The van der Waals surface area contributed by atoms with E-state index in [-0.39, 0.29) is 6.61 Å². The van der Waals surface area contributed by atoms with Crippen molar-refractivity contribution in [3.05, 3.63) is 77.7 Å². The second-order valence-corrected chi connectivity index (χ2v) is 6.26. The molecule has 0 radical (unpaired) electrons. The Balaban J connectivity index is 1.81. The fourth-order valence-electron chi connectivity index (χ4n) is 3.30. The van der Waals surface area contributed by atoms with Crippen LogP contribution < -0.4 is 0 Å². The Morgan fingerprint density at radius 3 is 2.74 bits per heavy atom. The minimum absolute atomic E-state index is 0.282. The molecule has 0 bridgehead atoms. The van der Waals surface area contributed by atoms with Crippen molar-refractivity contribution in [2.24, 2.45) is 0 Å². The molecule has 2 aromatic carbocycles. The van der Waals surface area contributed by atoms with Gasteiger partial charge in [-0.15, -0.1) is 0 Å². The topological polar surface area (TPSA) is 67.9 Å². The van der Waals surface area contributed by atoms with Gasteiger partial charge in [0, 0.05) is 23.2 Å². The van der Waals surface area contributed by atoms with E-state index in [2.05, 4.69) is 23.2 Å². The molecule has 2 aromatic heterocycles. The summed E-state index contributed by atoms with van der Waals surface area (Å²) >= 11 is 0. The predicted molar refractivity (Wildman–Crippen MR) is 103 cm³/mol. The van der Waals surface area contributed by atoms with Gasteiger partial charge in [0.2, 0.25) is 0 Å². The maximum Gasteiger partial charge on any atom is 0.340 e. The number of esters is 1. The van der Waals surface area contributed by atoms with E-state index in [1.807, 2.05) is 41.2 Å². The van der Waals surface area contributed by atoms with Crippen LogP contribution in [0, 0.1) is 11.3 Å². The summed E-state index contributed by atoms with van der Waals surface area (Å²) in [5.41, 5.74) is 2.48. The summed E-state index contributed by atoms with van der Waals surface area (Å²) in [6, 6.07) is 17.5. The van der Waals surface area contributed by atoms with E-state index in [4.69, 9.17) is 4.74 Å². The molecule has 4 aromatic rings. The Bertz CT molecular complexity index is 1200. The van der Waals surface area contributed by atoms with Gasteiger partial charge < -0.3 is 9.30 Å². The number of nitriles is 1. The van der Waals surface area contributed by atoms with Gasteiger partial charge in [-0.3, -0.25) is 4.98 Å². The van der Waals surface area contributed by atoms with Crippen LogP contribution in [0.3, 0.4) is 0 Å². The van der Waals surface area contributed by atoms with Crippen LogP contribution in [0.1, 0.15) is 28.5 Å². The van der Waals surface area contributed by atoms with Gasteiger partial charge in [-0.2, -0.15) is 5.26 Å². The summed E-state index contributed by atoms with van der Waals surface area (Å²) in [6.07, 6.45) is 3.77. The predicted octanol–water partition coefficient (Wildman–Crippen LogP) is 4.29. The number of carbonyl (C=O) groups is 1. The lowest BCUT2D eigenvalue weighted by Gasteiger charge is -2.10. The highest BCUT2D eigenvalue weighted by Crippen LogP contribution is 2.25. The van der Waals surface area contributed by atoms with Crippen LogP contribution in [0.25, 0.3) is 21.7 Å². The largest absolute Gasteiger partial charge is 0.462 e. The van der Waals surface area contributed by atoms with Crippen LogP contribution in [0.15, 0.2) is 60.9 Å². The average Bonchev–Trinajstić information content (AvgIpc) is 3.10. The number of nitrogens with zero attached hydrogens (tertiary/aromatic N) is 3. The van der Waals surface area contributed by atoms with Crippen molar-refractivity contribution < 1.29 is 9.53 Å². The first-order valence-corrected chi connectivity index (χ1v) is 8.73. The highest BCUT2D eigenvalue weighted by atomic mass is 16.5. The van der Waals surface area contributed by atoms with Gasteiger partial charge >= 0.3 is 5.97 Å². The highest BCUT2D eigenvalue weighted by molar-refractivity contribution is 6.04. The third-order valence-electron chi connectivity index (χ3n) is 4.51. The van der Waals surface area contributed by atoms with Gasteiger partial charge in [-0.25, -0.2) is 4.79 Å². The van der Waals surface area contributed by atoms with E-state index in [1.54, 1.807) is 19.1 Å². The number of hydrogen-bond acceptors (Lipinski definition) is 4. The van der Waals surface area contributed by atoms with Crippen molar-refractivity contribution in [3.8, 4) is 6.07 Å². The van der Waals surface area contributed by atoms with Crippen LogP contribution in [0.5, 0.6) is 0 Å². The van der Waals surface area contributed by atoms with E-state index >= 15 is 0 Å². The second kappa shape index (κ2) is 6.93. The molecule has 0 aliphatic heterocycles. The number of ether oxygens (including phenoxy) is 1. The minimum Gasteiger partial charge on any atom is -0.462 e. The Morgan fingerprint density at radius 2 is 1.96 bits per heavy atom. The molecule has 5 nitrogen and oxygen atoms in total. The number of rotatable bonds is 4. The van der Waals surface area contributed by atoms with Crippen LogP contribution in [-0.2, 0) is 11.3 Å². The van der Waals surface area contributed by atoms with E-state index in [1.165, 1.54) is 0 Å². The van der Waals surface area contributed by atoms with Gasteiger partial charge in [0.25, 0.3) is 0 Å². The molecule has 2 heterocycles. The van der Waals surface area contributed by atoms with E-state index in [0.717, 1.165) is 27.4 Å². The molecule has 0 aliphatic rings.